The van der Waals surface area contributed by atoms with Crippen LogP contribution in [0.1, 0.15) is 12.5 Å². The zero-order valence-electron chi connectivity index (χ0n) is 8.86. The summed E-state index contributed by atoms with van der Waals surface area (Å²) in [6, 6.07) is 0. The first-order valence-electron chi connectivity index (χ1n) is 4.76. The predicted molar refractivity (Wildman–Crippen MR) is 55.8 cm³/mol. The minimum atomic E-state index is -0.657. The third kappa shape index (κ3) is 2.80. The van der Waals surface area contributed by atoms with Gasteiger partial charge in [-0.15, -0.1) is 0 Å². The highest BCUT2D eigenvalue weighted by Gasteiger charge is 2.07. The van der Waals surface area contributed by atoms with Gasteiger partial charge in [-0.2, -0.15) is 0 Å². The summed E-state index contributed by atoms with van der Waals surface area (Å²) < 4.78 is 5.74. The summed E-state index contributed by atoms with van der Waals surface area (Å²) in [6.07, 6.45) is 1.26. The fourth-order valence-corrected chi connectivity index (χ4v) is 1.16. The summed E-state index contributed by atoms with van der Waals surface area (Å²) in [5, 5.41) is 0. The van der Waals surface area contributed by atoms with E-state index in [9.17, 15) is 14.4 Å². The molecule has 88 valence electrons. The minimum absolute atomic E-state index is 0.00155. The predicted octanol–water partition coefficient (Wildman–Crippen LogP) is -1.44. The van der Waals surface area contributed by atoms with Crippen LogP contribution >= 0.6 is 0 Å². The zero-order valence-corrected chi connectivity index (χ0v) is 8.86. The number of rotatable bonds is 4. The summed E-state index contributed by atoms with van der Waals surface area (Å²) in [6.45, 7) is 1.66. The lowest BCUT2D eigenvalue weighted by atomic mass is 10.3. The lowest BCUT2D eigenvalue weighted by molar-refractivity contribution is -0.143. The highest BCUT2D eigenvalue weighted by Crippen LogP contribution is 1.88. The standard InChI is InChI=1S/C9H13N3O4/c1-2-16-7(13)5-12-4-6(3-10)8(14)11-9(12)15/h4H,2-3,5,10H2,1H3,(H,11,14,15). The number of carbonyl (C=O) groups is 1. The molecule has 1 rings (SSSR count). The first kappa shape index (κ1) is 12.2. The van der Waals surface area contributed by atoms with Gasteiger partial charge in [-0.1, -0.05) is 0 Å². The second-order valence-corrected chi connectivity index (χ2v) is 3.05. The Morgan fingerprint density at radius 3 is 2.81 bits per heavy atom. The summed E-state index contributed by atoms with van der Waals surface area (Å²) in [7, 11) is 0. The maximum Gasteiger partial charge on any atom is 0.328 e. The van der Waals surface area contributed by atoms with Crippen LogP contribution in [0.3, 0.4) is 0 Å². The van der Waals surface area contributed by atoms with Crippen molar-refractivity contribution in [3.05, 3.63) is 32.6 Å². The molecule has 3 N–H and O–H groups in total. The number of nitrogens with two attached hydrogens (primary N) is 1. The van der Waals surface area contributed by atoms with Crippen molar-refractivity contribution >= 4 is 5.97 Å². The molecule has 0 radical (unpaired) electrons. The van der Waals surface area contributed by atoms with Gasteiger partial charge in [0.25, 0.3) is 5.56 Å². The van der Waals surface area contributed by atoms with Crippen LogP contribution in [-0.2, 0) is 22.6 Å². The molecular formula is C9H13N3O4. The monoisotopic (exact) mass is 227 g/mol. The average Bonchev–Trinajstić information content (AvgIpc) is 2.22. The molecule has 0 fully saturated rings. The molecule has 0 aliphatic carbocycles. The molecule has 7 heteroatoms. The summed E-state index contributed by atoms with van der Waals surface area (Å²) in [5.41, 5.74) is 4.36. The van der Waals surface area contributed by atoms with Crippen LogP contribution in [0.4, 0.5) is 0 Å². The van der Waals surface area contributed by atoms with Gasteiger partial charge in [0.1, 0.15) is 6.54 Å². The van der Waals surface area contributed by atoms with Crippen molar-refractivity contribution in [2.75, 3.05) is 6.61 Å². The van der Waals surface area contributed by atoms with Crippen molar-refractivity contribution in [2.24, 2.45) is 5.73 Å². The third-order valence-corrected chi connectivity index (χ3v) is 1.91. The Labute approximate surface area is 90.8 Å². The van der Waals surface area contributed by atoms with Crippen LogP contribution in [-0.4, -0.2) is 22.1 Å². The maximum atomic E-state index is 11.3. The van der Waals surface area contributed by atoms with E-state index in [-0.39, 0.29) is 25.3 Å². The number of aromatic nitrogens is 2. The number of aromatic amines is 1. The van der Waals surface area contributed by atoms with E-state index in [1.807, 2.05) is 0 Å². The van der Waals surface area contributed by atoms with Gasteiger partial charge < -0.3 is 10.5 Å². The van der Waals surface area contributed by atoms with Gasteiger partial charge in [0.2, 0.25) is 0 Å². The van der Waals surface area contributed by atoms with E-state index in [1.165, 1.54) is 6.20 Å². The molecule has 16 heavy (non-hydrogen) atoms. The highest BCUT2D eigenvalue weighted by molar-refractivity contribution is 5.69. The first-order valence-corrected chi connectivity index (χ1v) is 4.76. The second kappa shape index (κ2) is 5.26. The minimum Gasteiger partial charge on any atom is -0.465 e. The first-order chi connectivity index (χ1) is 7.58. The SMILES string of the molecule is CCOC(=O)Cn1cc(CN)c(=O)[nH]c1=O. The van der Waals surface area contributed by atoms with E-state index < -0.39 is 17.2 Å². The molecule has 1 aromatic rings. The lowest BCUT2D eigenvalue weighted by Crippen LogP contribution is -2.34. The van der Waals surface area contributed by atoms with Crippen LogP contribution in [0.5, 0.6) is 0 Å². The third-order valence-electron chi connectivity index (χ3n) is 1.91. The lowest BCUT2D eigenvalue weighted by Gasteiger charge is -2.05. The molecule has 0 saturated carbocycles. The summed E-state index contributed by atoms with van der Waals surface area (Å²) >= 11 is 0. The van der Waals surface area contributed by atoms with E-state index >= 15 is 0 Å². The molecule has 0 aliphatic heterocycles. The van der Waals surface area contributed by atoms with E-state index in [1.54, 1.807) is 6.92 Å². The number of H-pyrrole nitrogens is 1. The van der Waals surface area contributed by atoms with Crippen LogP contribution in [0.2, 0.25) is 0 Å². The summed E-state index contributed by atoms with van der Waals surface area (Å²) in [5.74, 6) is -0.542. The Morgan fingerprint density at radius 2 is 2.25 bits per heavy atom. The van der Waals surface area contributed by atoms with E-state index in [2.05, 4.69) is 9.72 Å². The Kier molecular flexibility index (Phi) is 4.01. The normalized spacial score (nSPS) is 10.1. The van der Waals surface area contributed by atoms with E-state index in [4.69, 9.17) is 5.73 Å². The highest BCUT2D eigenvalue weighted by atomic mass is 16.5. The van der Waals surface area contributed by atoms with Crippen LogP contribution in [0.25, 0.3) is 0 Å². The topological polar surface area (TPSA) is 107 Å². The fraction of sp³-hybridized carbons (Fsp3) is 0.444. The number of carbonyl (C=O) groups excluding carboxylic acids is 1. The second-order valence-electron chi connectivity index (χ2n) is 3.05. The van der Waals surface area contributed by atoms with Gasteiger partial charge in [-0.3, -0.25) is 19.1 Å². The molecule has 0 spiro atoms. The Balaban J connectivity index is 3.01. The van der Waals surface area contributed by atoms with E-state index in [0.29, 0.717) is 0 Å². The maximum absolute atomic E-state index is 11.3. The molecule has 0 bridgehead atoms. The van der Waals surface area contributed by atoms with Crippen molar-refractivity contribution in [3.63, 3.8) is 0 Å². The van der Waals surface area contributed by atoms with Crippen molar-refractivity contribution in [1.82, 2.24) is 9.55 Å². The molecule has 1 heterocycles. The molecule has 0 aliphatic rings. The van der Waals surface area contributed by atoms with Crippen molar-refractivity contribution in [1.29, 1.82) is 0 Å². The number of hydrogen-bond acceptors (Lipinski definition) is 5. The number of esters is 1. The number of nitrogens with zero attached hydrogens (tertiary/aromatic N) is 1. The Hall–Kier alpha value is -1.89. The van der Waals surface area contributed by atoms with Gasteiger partial charge in [-0.05, 0) is 6.92 Å². The molecule has 0 atom stereocenters. The van der Waals surface area contributed by atoms with Gasteiger partial charge in [-0.25, -0.2) is 4.79 Å². The quantitative estimate of drug-likeness (QED) is 0.612. The van der Waals surface area contributed by atoms with Crippen molar-refractivity contribution < 1.29 is 9.53 Å². The molecule has 0 unspecified atom stereocenters. The van der Waals surface area contributed by atoms with Gasteiger partial charge >= 0.3 is 11.7 Å². The van der Waals surface area contributed by atoms with Crippen LogP contribution in [0, 0.1) is 0 Å². The van der Waals surface area contributed by atoms with Gasteiger partial charge in [0.15, 0.2) is 0 Å². The average molecular weight is 227 g/mol. The molecule has 0 amide bonds. The smallest absolute Gasteiger partial charge is 0.328 e. The molecule has 1 aromatic heterocycles. The number of hydrogen-bond donors (Lipinski definition) is 2. The van der Waals surface area contributed by atoms with E-state index in [0.717, 1.165) is 4.57 Å². The number of nitrogens with one attached hydrogen (secondary N) is 1. The molecule has 7 nitrogen and oxygen atoms in total. The van der Waals surface area contributed by atoms with Crippen LogP contribution in [0.15, 0.2) is 15.8 Å². The van der Waals surface area contributed by atoms with Crippen LogP contribution < -0.4 is 17.0 Å². The van der Waals surface area contributed by atoms with Crippen molar-refractivity contribution in [2.45, 2.75) is 20.0 Å². The number of ether oxygens (including phenoxy) is 1. The largest absolute Gasteiger partial charge is 0.465 e. The molecule has 0 saturated heterocycles. The van der Waals surface area contributed by atoms with Gasteiger partial charge in [0.05, 0.1) is 6.61 Å². The van der Waals surface area contributed by atoms with Crippen molar-refractivity contribution in [3.8, 4) is 0 Å². The van der Waals surface area contributed by atoms with Gasteiger partial charge in [0, 0.05) is 18.3 Å². The fourth-order valence-electron chi connectivity index (χ4n) is 1.16. The molecule has 0 aromatic carbocycles. The Bertz CT molecular complexity index is 488. The molecular weight excluding hydrogens is 214 g/mol. The zero-order chi connectivity index (χ0) is 12.1. The Morgan fingerprint density at radius 1 is 1.56 bits per heavy atom. The summed E-state index contributed by atoms with van der Waals surface area (Å²) in [4.78, 5) is 35.7.